The molecule has 0 unspecified atom stereocenters. The first-order valence-corrected chi connectivity index (χ1v) is 9.16. The molecule has 0 aromatic heterocycles. The Hall–Kier alpha value is -1.12. The first kappa shape index (κ1) is 16.7. The fraction of sp³-hybridized carbons (Fsp3) is 0.600. The summed E-state index contributed by atoms with van der Waals surface area (Å²) >= 11 is 0. The fourth-order valence-corrected chi connectivity index (χ4v) is 5.27. The molecule has 0 atom stereocenters. The minimum Gasteiger partial charge on any atom is -0.317 e. The van der Waals surface area contributed by atoms with Gasteiger partial charge in [-0.1, -0.05) is 12.1 Å². The van der Waals surface area contributed by atoms with Crippen LogP contribution in [0.2, 0.25) is 0 Å². The Kier molecular flexibility index (Phi) is 4.41. The zero-order valence-electron chi connectivity index (χ0n) is 12.5. The van der Waals surface area contributed by atoms with Gasteiger partial charge < -0.3 is 5.32 Å². The van der Waals surface area contributed by atoms with E-state index in [2.05, 4.69) is 5.32 Å². The molecule has 1 aromatic rings. The molecule has 8 heteroatoms. The average molecular weight is 348 g/mol. The van der Waals surface area contributed by atoms with E-state index in [4.69, 9.17) is 0 Å². The van der Waals surface area contributed by atoms with Gasteiger partial charge in [0, 0.05) is 12.1 Å². The second-order valence-electron chi connectivity index (χ2n) is 6.04. The Labute approximate surface area is 133 Å². The van der Waals surface area contributed by atoms with Crippen LogP contribution in [0.3, 0.4) is 0 Å². The van der Waals surface area contributed by atoms with Crippen LogP contribution in [0.1, 0.15) is 31.2 Å². The Balaban J connectivity index is 2.02. The summed E-state index contributed by atoms with van der Waals surface area (Å²) in [6, 6.07) is 4.07. The first-order chi connectivity index (χ1) is 10.8. The van der Waals surface area contributed by atoms with Gasteiger partial charge in [0.2, 0.25) is 10.0 Å². The van der Waals surface area contributed by atoms with Crippen LogP contribution < -0.4 is 5.32 Å². The number of nitrogens with one attached hydrogen (secondary N) is 1. The van der Waals surface area contributed by atoms with Crippen molar-refractivity contribution in [3.63, 3.8) is 0 Å². The third-order valence-corrected chi connectivity index (χ3v) is 6.39. The highest BCUT2D eigenvalue weighted by Gasteiger charge is 2.46. The molecule has 1 aliphatic heterocycles. The number of nitrogens with zero attached hydrogens (tertiary/aromatic N) is 1. The Bertz CT molecular complexity index is 666. The van der Waals surface area contributed by atoms with Gasteiger partial charge in [0.1, 0.15) is 0 Å². The summed E-state index contributed by atoms with van der Waals surface area (Å²) in [6.07, 6.45) is -1.99. The number of rotatable bonds is 4. The molecular formula is C15H19F3N2O2S. The van der Waals surface area contributed by atoms with E-state index < -0.39 is 26.7 Å². The highest BCUT2D eigenvalue weighted by atomic mass is 32.2. The maximum Gasteiger partial charge on any atom is 0.417 e. The second-order valence-corrected chi connectivity index (χ2v) is 7.85. The molecule has 0 spiro atoms. The average Bonchev–Trinajstić information content (AvgIpc) is 3.32. The van der Waals surface area contributed by atoms with Gasteiger partial charge in [0.15, 0.2) is 0 Å². The highest BCUT2D eigenvalue weighted by Crippen LogP contribution is 2.40. The van der Waals surface area contributed by atoms with Crippen molar-refractivity contribution in [1.29, 1.82) is 0 Å². The summed E-state index contributed by atoms with van der Waals surface area (Å²) in [5, 5.41) is 3.15. The SMILES string of the molecule is O=S(=O)(c1ccccc1C(F)(F)F)N(C1CCNCC1)C1CC1. The molecule has 1 aliphatic carbocycles. The molecule has 23 heavy (non-hydrogen) atoms. The molecule has 128 valence electrons. The molecule has 0 bridgehead atoms. The van der Waals surface area contributed by atoms with Crippen molar-refractivity contribution in [2.75, 3.05) is 13.1 Å². The quantitative estimate of drug-likeness (QED) is 0.910. The summed E-state index contributed by atoms with van der Waals surface area (Å²) in [4.78, 5) is -0.627. The van der Waals surface area contributed by atoms with Crippen LogP contribution in [0.4, 0.5) is 13.2 Å². The van der Waals surface area contributed by atoms with E-state index in [-0.39, 0.29) is 12.1 Å². The molecule has 1 saturated carbocycles. The lowest BCUT2D eigenvalue weighted by molar-refractivity contribution is -0.139. The zero-order valence-corrected chi connectivity index (χ0v) is 13.3. The number of halogens is 3. The van der Waals surface area contributed by atoms with Crippen LogP contribution in [0.25, 0.3) is 0 Å². The molecule has 1 saturated heterocycles. The summed E-state index contributed by atoms with van der Waals surface area (Å²) in [5.41, 5.74) is -1.08. The maximum atomic E-state index is 13.2. The summed E-state index contributed by atoms with van der Waals surface area (Å²) in [6.45, 7) is 1.37. The summed E-state index contributed by atoms with van der Waals surface area (Å²) < 4.78 is 66.9. The molecule has 0 radical (unpaired) electrons. The van der Waals surface area contributed by atoms with Crippen LogP contribution in [0.5, 0.6) is 0 Å². The summed E-state index contributed by atoms with van der Waals surface area (Å²) in [5.74, 6) is 0. The lowest BCUT2D eigenvalue weighted by Crippen LogP contribution is -2.47. The smallest absolute Gasteiger partial charge is 0.317 e. The van der Waals surface area contributed by atoms with Gasteiger partial charge in [-0.3, -0.25) is 0 Å². The van der Waals surface area contributed by atoms with Crippen LogP contribution in [-0.4, -0.2) is 37.9 Å². The van der Waals surface area contributed by atoms with E-state index in [1.54, 1.807) is 0 Å². The Morgan fingerprint density at radius 2 is 1.57 bits per heavy atom. The normalized spacial score (nSPS) is 20.9. The van der Waals surface area contributed by atoms with Gasteiger partial charge in [-0.15, -0.1) is 0 Å². The first-order valence-electron chi connectivity index (χ1n) is 7.72. The van der Waals surface area contributed by atoms with Gasteiger partial charge >= 0.3 is 6.18 Å². The topological polar surface area (TPSA) is 49.4 Å². The predicted octanol–water partition coefficient (Wildman–Crippen LogP) is 2.61. The van der Waals surface area contributed by atoms with Gasteiger partial charge in [-0.2, -0.15) is 17.5 Å². The van der Waals surface area contributed by atoms with Gasteiger partial charge in [-0.25, -0.2) is 8.42 Å². The number of sulfonamides is 1. The third kappa shape index (κ3) is 3.39. The van der Waals surface area contributed by atoms with Gasteiger partial charge in [-0.05, 0) is 50.9 Å². The van der Waals surface area contributed by atoms with E-state index in [1.807, 2.05) is 0 Å². The molecule has 2 aliphatic rings. The minimum atomic E-state index is -4.69. The third-order valence-electron chi connectivity index (χ3n) is 4.32. The second kappa shape index (κ2) is 6.07. The van der Waals surface area contributed by atoms with Gasteiger partial charge in [0.25, 0.3) is 0 Å². The molecule has 3 rings (SSSR count). The van der Waals surface area contributed by atoms with Crippen LogP contribution >= 0.6 is 0 Å². The predicted molar refractivity (Wildman–Crippen MR) is 79.4 cm³/mol. The number of benzene rings is 1. The largest absolute Gasteiger partial charge is 0.417 e. The zero-order chi connectivity index (χ0) is 16.7. The minimum absolute atomic E-state index is 0.163. The lowest BCUT2D eigenvalue weighted by atomic mass is 10.1. The molecule has 4 nitrogen and oxygen atoms in total. The van der Waals surface area contributed by atoms with E-state index in [1.165, 1.54) is 16.4 Å². The molecule has 2 fully saturated rings. The van der Waals surface area contributed by atoms with Crippen LogP contribution in [-0.2, 0) is 16.2 Å². The standard InChI is InChI=1S/C15H19F3N2O2S/c16-15(17,18)13-3-1-2-4-14(13)23(21,22)20(11-5-6-11)12-7-9-19-10-8-12/h1-4,11-12,19H,5-10H2. The van der Waals surface area contributed by atoms with E-state index in [9.17, 15) is 21.6 Å². The van der Waals surface area contributed by atoms with Crippen molar-refractivity contribution in [3.8, 4) is 0 Å². The van der Waals surface area contributed by atoms with E-state index in [0.29, 0.717) is 25.9 Å². The lowest BCUT2D eigenvalue weighted by Gasteiger charge is -2.34. The van der Waals surface area contributed by atoms with Gasteiger partial charge in [0.05, 0.1) is 10.5 Å². The number of hydrogen-bond donors (Lipinski definition) is 1. The highest BCUT2D eigenvalue weighted by molar-refractivity contribution is 7.89. The fourth-order valence-electron chi connectivity index (χ4n) is 3.12. The Morgan fingerprint density at radius 1 is 1.00 bits per heavy atom. The van der Waals surface area contributed by atoms with Crippen LogP contribution in [0.15, 0.2) is 29.2 Å². The van der Waals surface area contributed by atoms with Crippen molar-refractivity contribution >= 4 is 10.0 Å². The molecule has 1 aromatic carbocycles. The van der Waals surface area contributed by atoms with Crippen molar-refractivity contribution < 1.29 is 21.6 Å². The van der Waals surface area contributed by atoms with Crippen molar-refractivity contribution in [3.05, 3.63) is 29.8 Å². The summed E-state index contributed by atoms with van der Waals surface area (Å²) in [7, 11) is -4.17. The van der Waals surface area contributed by atoms with Crippen molar-refractivity contribution in [2.45, 2.75) is 48.8 Å². The van der Waals surface area contributed by atoms with Crippen LogP contribution in [0, 0.1) is 0 Å². The van der Waals surface area contributed by atoms with E-state index >= 15 is 0 Å². The Morgan fingerprint density at radius 3 is 2.13 bits per heavy atom. The molecule has 1 heterocycles. The molecule has 1 N–H and O–H groups in total. The number of hydrogen-bond acceptors (Lipinski definition) is 3. The molecular weight excluding hydrogens is 329 g/mol. The monoisotopic (exact) mass is 348 g/mol. The molecule has 0 amide bonds. The maximum absolute atomic E-state index is 13.2. The number of alkyl halides is 3. The number of piperidine rings is 1. The van der Waals surface area contributed by atoms with Crippen molar-refractivity contribution in [1.82, 2.24) is 9.62 Å². The van der Waals surface area contributed by atoms with E-state index in [0.717, 1.165) is 25.0 Å². The van der Waals surface area contributed by atoms with Crippen molar-refractivity contribution in [2.24, 2.45) is 0 Å².